The molecular weight excluding hydrogens is 210 g/mol. The van der Waals surface area contributed by atoms with Gasteiger partial charge in [0.15, 0.2) is 0 Å². The minimum atomic E-state index is 0. The van der Waals surface area contributed by atoms with Gasteiger partial charge in [0.2, 0.25) is 0 Å². The second kappa shape index (κ2) is 5.21. The predicted molar refractivity (Wildman–Crippen MR) is 53.0 cm³/mol. The molecule has 1 rings (SSSR count). The van der Waals surface area contributed by atoms with Crippen LogP contribution in [0.5, 0.6) is 0 Å². The van der Waals surface area contributed by atoms with Crippen LogP contribution in [0.15, 0.2) is 35.3 Å². The van der Waals surface area contributed by atoms with E-state index < -0.39 is 0 Å². The molecule has 0 atom stereocenters. The molecule has 0 aliphatic carbocycles. The van der Waals surface area contributed by atoms with Gasteiger partial charge in [0.1, 0.15) is 0 Å². The molecule has 0 aromatic heterocycles. The molecule has 1 aromatic carbocycles. The van der Waals surface area contributed by atoms with Crippen molar-refractivity contribution in [3.8, 4) is 0 Å². The molecule has 0 heterocycles. The van der Waals surface area contributed by atoms with Crippen molar-refractivity contribution in [1.29, 1.82) is 0 Å². The van der Waals surface area contributed by atoms with Crippen LogP contribution >= 0.6 is 0 Å². The van der Waals surface area contributed by atoms with E-state index in [2.05, 4.69) is 32.0 Å². The molecule has 0 saturated heterocycles. The largest absolute Gasteiger partial charge is 1.00 e. The summed E-state index contributed by atoms with van der Waals surface area (Å²) in [6.45, 7) is 6.25. The van der Waals surface area contributed by atoms with Crippen LogP contribution in [-0.2, 0) is 17.1 Å². The van der Waals surface area contributed by atoms with Crippen molar-refractivity contribution in [3.05, 3.63) is 30.3 Å². The van der Waals surface area contributed by atoms with Crippen molar-refractivity contribution in [2.75, 3.05) is 0 Å². The first-order chi connectivity index (χ1) is 5.58. The van der Waals surface area contributed by atoms with Gasteiger partial charge in [0.05, 0.1) is 0 Å². The van der Waals surface area contributed by atoms with Gasteiger partial charge in [-0.2, -0.15) is 6.21 Å². The van der Waals surface area contributed by atoms with Crippen molar-refractivity contribution in [1.82, 2.24) is 0 Å². The van der Waals surface area contributed by atoms with Crippen LogP contribution in [0, 0.1) is 5.41 Å². The van der Waals surface area contributed by atoms with Crippen LogP contribution in [0.25, 0.3) is 0 Å². The van der Waals surface area contributed by atoms with Crippen LogP contribution in [0.2, 0.25) is 0 Å². The van der Waals surface area contributed by atoms with Crippen molar-refractivity contribution in [2.45, 2.75) is 20.8 Å². The smallest absolute Gasteiger partial charge is 0.456 e. The second-order valence-electron chi connectivity index (χ2n) is 3.81. The van der Waals surface area contributed by atoms with E-state index in [0.717, 1.165) is 5.69 Å². The van der Waals surface area contributed by atoms with Gasteiger partial charge in [-0.1, -0.05) is 50.1 Å². The van der Waals surface area contributed by atoms with Crippen LogP contribution < -0.4 is 0 Å². The van der Waals surface area contributed by atoms with Gasteiger partial charge in [-0.25, -0.2) is 0 Å². The molecule has 0 saturated carbocycles. The number of hydrogen-bond donors (Lipinski definition) is 0. The maximum atomic E-state index is 4.23. The predicted octanol–water partition coefficient (Wildman–Crippen LogP) is 3.31. The maximum absolute atomic E-state index is 4.23. The standard InChI is InChI=1S/C11H14N.Cu/c1-11(2,3)9-12-10-7-5-4-6-8-10;/h4-8H,1-3H3;/q-1;+1. The average Bonchev–Trinajstić information content (AvgIpc) is 2.02. The summed E-state index contributed by atoms with van der Waals surface area (Å²) >= 11 is 0. The number of benzene rings is 1. The molecule has 0 bridgehead atoms. The minimum absolute atomic E-state index is 0. The molecule has 0 amide bonds. The molecule has 0 unspecified atom stereocenters. The van der Waals surface area contributed by atoms with Crippen LogP contribution in [0.1, 0.15) is 20.8 Å². The fourth-order valence-electron chi connectivity index (χ4n) is 0.735. The van der Waals surface area contributed by atoms with Gasteiger partial charge in [0.25, 0.3) is 0 Å². The zero-order chi connectivity index (χ0) is 9.03. The number of para-hydroxylation sites is 1. The molecule has 0 spiro atoms. The van der Waals surface area contributed by atoms with Crippen LogP contribution in [0.4, 0.5) is 5.69 Å². The number of hydrogen-bond acceptors (Lipinski definition) is 1. The third-order valence-corrected chi connectivity index (χ3v) is 1.28. The Morgan fingerprint density at radius 2 is 1.62 bits per heavy atom. The SMILES string of the molecule is CC(C)(C)[C-]=Nc1ccccc1.[Cu+]. The van der Waals surface area contributed by atoms with E-state index in [1.54, 1.807) is 0 Å². The molecular formula is C11H14CuN. The summed E-state index contributed by atoms with van der Waals surface area (Å²) in [7, 11) is 0. The van der Waals surface area contributed by atoms with Gasteiger partial charge in [-0.15, -0.1) is 12.1 Å². The fourth-order valence-corrected chi connectivity index (χ4v) is 0.735. The first-order valence-corrected chi connectivity index (χ1v) is 4.11. The zero-order valence-corrected chi connectivity index (χ0v) is 9.08. The van der Waals surface area contributed by atoms with Crippen molar-refractivity contribution < 1.29 is 17.1 Å². The molecule has 0 fully saturated rings. The zero-order valence-electron chi connectivity index (χ0n) is 8.14. The van der Waals surface area contributed by atoms with Crippen LogP contribution in [-0.4, -0.2) is 6.21 Å². The first-order valence-electron chi connectivity index (χ1n) is 4.11. The van der Waals surface area contributed by atoms with E-state index in [-0.39, 0.29) is 22.5 Å². The van der Waals surface area contributed by atoms with Gasteiger partial charge in [-0.05, 0) is 0 Å². The van der Waals surface area contributed by atoms with Gasteiger partial charge < -0.3 is 4.99 Å². The summed E-state index contributed by atoms with van der Waals surface area (Å²) in [6, 6.07) is 9.87. The molecule has 1 aromatic rings. The monoisotopic (exact) mass is 223 g/mol. The molecule has 13 heavy (non-hydrogen) atoms. The molecule has 0 N–H and O–H groups in total. The maximum Gasteiger partial charge on any atom is 1.00 e. The topological polar surface area (TPSA) is 12.4 Å². The first kappa shape index (κ1) is 12.4. The molecule has 0 radical (unpaired) electrons. The van der Waals surface area contributed by atoms with E-state index in [0.29, 0.717) is 0 Å². The third-order valence-electron chi connectivity index (χ3n) is 1.28. The Kier molecular flexibility index (Phi) is 4.97. The van der Waals surface area contributed by atoms with E-state index in [9.17, 15) is 0 Å². The second-order valence-corrected chi connectivity index (χ2v) is 3.81. The minimum Gasteiger partial charge on any atom is -0.456 e. The van der Waals surface area contributed by atoms with E-state index in [1.807, 2.05) is 30.3 Å². The molecule has 1 nitrogen and oxygen atoms in total. The summed E-state index contributed by atoms with van der Waals surface area (Å²) in [5.74, 6) is 0. The summed E-state index contributed by atoms with van der Waals surface area (Å²) in [6.07, 6.45) is 3.06. The quantitative estimate of drug-likeness (QED) is 0.394. The van der Waals surface area contributed by atoms with Crippen molar-refractivity contribution in [3.63, 3.8) is 0 Å². The molecule has 74 valence electrons. The average molecular weight is 224 g/mol. The Morgan fingerprint density at radius 1 is 1.08 bits per heavy atom. The Morgan fingerprint density at radius 3 is 2.08 bits per heavy atom. The summed E-state index contributed by atoms with van der Waals surface area (Å²) < 4.78 is 0. The van der Waals surface area contributed by atoms with E-state index >= 15 is 0 Å². The van der Waals surface area contributed by atoms with Gasteiger partial charge in [0, 0.05) is 0 Å². The van der Waals surface area contributed by atoms with Crippen molar-refractivity contribution >= 4 is 11.9 Å². The molecule has 0 aliphatic rings. The van der Waals surface area contributed by atoms with E-state index in [4.69, 9.17) is 0 Å². The normalized spacial score (nSPS) is 11.3. The fraction of sp³-hybridized carbons (Fsp3) is 0.364. The Balaban J connectivity index is 0.00000144. The summed E-state index contributed by atoms with van der Waals surface area (Å²) in [4.78, 5) is 4.23. The Labute approximate surface area is 90.7 Å². The Hall–Kier alpha value is -0.591. The van der Waals surface area contributed by atoms with Crippen molar-refractivity contribution in [2.24, 2.45) is 10.4 Å². The summed E-state index contributed by atoms with van der Waals surface area (Å²) in [5.41, 5.74) is 1.00. The Bertz CT molecular complexity index is 259. The third kappa shape index (κ3) is 5.62. The van der Waals surface area contributed by atoms with E-state index in [1.165, 1.54) is 0 Å². The van der Waals surface area contributed by atoms with Gasteiger partial charge in [-0.3, -0.25) is 0 Å². The number of rotatable bonds is 1. The molecule has 0 aliphatic heterocycles. The number of nitrogens with zero attached hydrogens (tertiary/aromatic N) is 1. The van der Waals surface area contributed by atoms with Gasteiger partial charge >= 0.3 is 17.1 Å². The summed E-state index contributed by atoms with van der Waals surface area (Å²) in [5, 5.41) is 0. The number of aliphatic imine (C=N–C) groups is 1. The molecule has 2 heteroatoms. The van der Waals surface area contributed by atoms with Crippen LogP contribution in [0.3, 0.4) is 0 Å².